The lowest BCUT2D eigenvalue weighted by atomic mass is 10.2. The van der Waals surface area contributed by atoms with E-state index in [-0.39, 0.29) is 5.82 Å². The highest BCUT2D eigenvalue weighted by atomic mass is 19.1. The first kappa shape index (κ1) is 14.5. The van der Waals surface area contributed by atoms with Crippen molar-refractivity contribution >= 4 is 11.4 Å². The summed E-state index contributed by atoms with van der Waals surface area (Å²) in [6.07, 6.45) is 4.71. The van der Waals surface area contributed by atoms with Gasteiger partial charge in [-0.1, -0.05) is 13.0 Å². The molecule has 4 heteroatoms. The van der Waals surface area contributed by atoms with Crippen LogP contribution in [0.25, 0.3) is 0 Å². The molecule has 3 nitrogen and oxygen atoms in total. The van der Waals surface area contributed by atoms with Crippen molar-refractivity contribution < 1.29 is 4.39 Å². The third kappa shape index (κ3) is 3.54. The highest BCUT2D eigenvalue weighted by Crippen LogP contribution is 2.26. The number of hydrogen-bond donors (Lipinski definition) is 1. The van der Waals surface area contributed by atoms with Crippen molar-refractivity contribution in [2.24, 2.45) is 0 Å². The summed E-state index contributed by atoms with van der Waals surface area (Å²) in [5, 5.41) is 3.37. The van der Waals surface area contributed by atoms with E-state index in [1.54, 1.807) is 12.3 Å². The molecule has 0 saturated heterocycles. The van der Waals surface area contributed by atoms with Crippen LogP contribution in [-0.4, -0.2) is 18.6 Å². The summed E-state index contributed by atoms with van der Waals surface area (Å²) < 4.78 is 13.3. The van der Waals surface area contributed by atoms with Gasteiger partial charge in [-0.3, -0.25) is 4.98 Å². The monoisotopic (exact) mass is 273 g/mol. The molecular formula is C16H20FN3. The van der Waals surface area contributed by atoms with E-state index in [1.807, 2.05) is 30.3 Å². The first-order chi connectivity index (χ1) is 9.72. The standard InChI is InChI=1S/C16H20FN3/c1-3-8-18-11-13-12-19-9-7-16(13)20(2)15-6-4-5-14(17)10-15/h4-7,9-10,12,18H,3,8,11H2,1-2H3. The molecule has 20 heavy (non-hydrogen) atoms. The molecule has 1 N–H and O–H groups in total. The molecule has 1 aromatic carbocycles. The molecule has 1 aromatic heterocycles. The molecule has 0 aliphatic heterocycles. The molecule has 0 radical (unpaired) electrons. The number of halogens is 1. The lowest BCUT2D eigenvalue weighted by molar-refractivity contribution is 0.628. The van der Waals surface area contributed by atoms with E-state index < -0.39 is 0 Å². The molecule has 0 atom stereocenters. The van der Waals surface area contributed by atoms with E-state index in [0.717, 1.165) is 36.4 Å². The van der Waals surface area contributed by atoms with Gasteiger partial charge in [0.15, 0.2) is 0 Å². The van der Waals surface area contributed by atoms with Crippen molar-refractivity contribution in [3.05, 3.63) is 54.1 Å². The first-order valence-electron chi connectivity index (χ1n) is 6.85. The highest BCUT2D eigenvalue weighted by molar-refractivity contribution is 5.65. The van der Waals surface area contributed by atoms with Crippen molar-refractivity contribution in [3.8, 4) is 0 Å². The minimum Gasteiger partial charge on any atom is -0.344 e. The summed E-state index contributed by atoms with van der Waals surface area (Å²) in [6.45, 7) is 3.87. The fourth-order valence-electron chi connectivity index (χ4n) is 2.11. The lowest BCUT2D eigenvalue weighted by Crippen LogP contribution is -2.18. The molecule has 2 aromatic rings. The van der Waals surface area contributed by atoms with Crippen molar-refractivity contribution in [2.45, 2.75) is 19.9 Å². The van der Waals surface area contributed by atoms with E-state index in [1.165, 1.54) is 12.1 Å². The van der Waals surface area contributed by atoms with Crippen LogP contribution < -0.4 is 10.2 Å². The smallest absolute Gasteiger partial charge is 0.125 e. The number of aromatic nitrogens is 1. The minimum absolute atomic E-state index is 0.228. The topological polar surface area (TPSA) is 28.2 Å². The Kier molecular flexibility index (Phi) is 5.07. The van der Waals surface area contributed by atoms with Gasteiger partial charge in [-0.05, 0) is 37.2 Å². The fraction of sp³-hybridized carbons (Fsp3) is 0.312. The molecule has 1 heterocycles. The van der Waals surface area contributed by atoms with Gasteiger partial charge in [0, 0.05) is 42.9 Å². The maximum Gasteiger partial charge on any atom is 0.125 e. The zero-order valence-electron chi connectivity index (χ0n) is 11.9. The summed E-state index contributed by atoms with van der Waals surface area (Å²) in [6, 6.07) is 8.55. The summed E-state index contributed by atoms with van der Waals surface area (Å²) in [4.78, 5) is 6.16. The van der Waals surface area contributed by atoms with E-state index >= 15 is 0 Å². The molecule has 0 amide bonds. The Morgan fingerprint density at radius 1 is 1.30 bits per heavy atom. The van der Waals surface area contributed by atoms with Crippen LogP contribution in [0.15, 0.2) is 42.7 Å². The lowest BCUT2D eigenvalue weighted by Gasteiger charge is -2.22. The number of rotatable bonds is 6. The van der Waals surface area contributed by atoms with Gasteiger partial charge in [-0.2, -0.15) is 0 Å². The van der Waals surface area contributed by atoms with Crippen LogP contribution in [-0.2, 0) is 6.54 Å². The normalized spacial score (nSPS) is 10.6. The van der Waals surface area contributed by atoms with E-state index in [0.29, 0.717) is 0 Å². The maximum atomic E-state index is 13.3. The van der Waals surface area contributed by atoms with Crippen LogP contribution in [0.4, 0.5) is 15.8 Å². The average Bonchev–Trinajstić information content (AvgIpc) is 2.47. The van der Waals surface area contributed by atoms with Crippen molar-refractivity contribution in [3.63, 3.8) is 0 Å². The van der Waals surface area contributed by atoms with Crippen molar-refractivity contribution in [2.75, 3.05) is 18.5 Å². The van der Waals surface area contributed by atoms with E-state index in [2.05, 4.69) is 17.2 Å². The van der Waals surface area contributed by atoms with Crippen molar-refractivity contribution in [1.29, 1.82) is 0 Å². The number of benzene rings is 1. The Hall–Kier alpha value is -1.94. The van der Waals surface area contributed by atoms with E-state index in [4.69, 9.17) is 0 Å². The number of pyridine rings is 1. The molecule has 0 spiro atoms. The molecule has 106 valence electrons. The van der Waals surface area contributed by atoms with Gasteiger partial charge in [0.25, 0.3) is 0 Å². The molecular weight excluding hydrogens is 253 g/mol. The van der Waals surface area contributed by atoms with Gasteiger partial charge in [-0.15, -0.1) is 0 Å². The second-order valence-electron chi connectivity index (χ2n) is 4.72. The zero-order chi connectivity index (χ0) is 14.4. The quantitative estimate of drug-likeness (QED) is 0.817. The number of anilines is 2. The van der Waals surface area contributed by atoms with Crippen molar-refractivity contribution in [1.82, 2.24) is 10.3 Å². The predicted octanol–water partition coefficient (Wildman–Crippen LogP) is 3.49. The third-order valence-electron chi connectivity index (χ3n) is 3.18. The Morgan fingerprint density at radius 2 is 2.15 bits per heavy atom. The van der Waals surface area contributed by atoms with Gasteiger partial charge in [0.2, 0.25) is 0 Å². The van der Waals surface area contributed by atoms with Gasteiger partial charge < -0.3 is 10.2 Å². The molecule has 2 rings (SSSR count). The zero-order valence-corrected chi connectivity index (χ0v) is 11.9. The summed E-state index contributed by atoms with van der Waals surface area (Å²) in [5.41, 5.74) is 2.97. The van der Waals surface area contributed by atoms with E-state index in [9.17, 15) is 4.39 Å². The molecule has 0 unspecified atom stereocenters. The number of nitrogens with zero attached hydrogens (tertiary/aromatic N) is 2. The van der Waals surface area contributed by atoms with Gasteiger partial charge in [0.1, 0.15) is 5.82 Å². The summed E-state index contributed by atoms with van der Waals surface area (Å²) >= 11 is 0. The van der Waals surface area contributed by atoms with Gasteiger partial charge in [0.05, 0.1) is 0 Å². The first-order valence-corrected chi connectivity index (χ1v) is 6.85. The Bertz CT molecular complexity index is 557. The Labute approximate surface area is 119 Å². The molecule has 0 fully saturated rings. The SMILES string of the molecule is CCCNCc1cnccc1N(C)c1cccc(F)c1. The fourth-order valence-corrected chi connectivity index (χ4v) is 2.11. The average molecular weight is 273 g/mol. The third-order valence-corrected chi connectivity index (χ3v) is 3.18. The molecule has 0 bridgehead atoms. The van der Waals surface area contributed by atoms with Crippen LogP contribution in [0.2, 0.25) is 0 Å². The second-order valence-corrected chi connectivity index (χ2v) is 4.72. The minimum atomic E-state index is -0.228. The predicted molar refractivity (Wildman–Crippen MR) is 80.7 cm³/mol. The number of hydrogen-bond acceptors (Lipinski definition) is 3. The highest BCUT2D eigenvalue weighted by Gasteiger charge is 2.09. The molecule has 0 aliphatic rings. The Morgan fingerprint density at radius 3 is 2.90 bits per heavy atom. The largest absolute Gasteiger partial charge is 0.344 e. The van der Waals surface area contributed by atoms with Crippen LogP contribution in [0, 0.1) is 5.82 Å². The van der Waals surface area contributed by atoms with Crippen LogP contribution in [0.5, 0.6) is 0 Å². The van der Waals surface area contributed by atoms with Crippen LogP contribution >= 0.6 is 0 Å². The van der Waals surface area contributed by atoms with Gasteiger partial charge in [-0.25, -0.2) is 4.39 Å². The van der Waals surface area contributed by atoms with Crippen LogP contribution in [0.3, 0.4) is 0 Å². The maximum absolute atomic E-state index is 13.3. The molecule has 0 saturated carbocycles. The summed E-state index contributed by atoms with van der Waals surface area (Å²) in [7, 11) is 1.94. The van der Waals surface area contributed by atoms with Crippen LogP contribution in [0.1, 0.15) is 18.9 Å². The van der Waals surface area contributed by atoms with Gasteiger partial charge >= 0.3 is 0 Å². The molecule has 0 aliphatic carbocycles. The summed E-state index contributed by atoms with van der Waals surface area (Å²) in [5.74, 6) is -0.228. The Balaban J connectivity index is 2.23. The number of nitrogens with one attached hydrogen (secondary N) is 1. The second kappa shape index (κ2) is 7.01.